The molecule has 0 saturated carbocycles. The smallest absolute Gasteiger partial charge is 0.267 e. The third-order valence-corrected chi connectivity index (χ3v) is 6.66. The van der Waals surface area contributed by atoms with Gasteiger partial charge in [0.2, 0.25) is 0 Å². The summed E-state index contributed by atoms with van der Waals surface area (Å²) in [5.74, 6) is 0.832. The monoisotopic (exact) mass is 496 g/mol. The van der Waals surface area contributed by atoms with Crippen LogP contribution >= 0.6 is 24.0 Å². The highest BCUT2D eigenvalue weighted by molar-refractivity contribution is 8.26. The average molecular weight is 497 g/mol. The Morgan fingerprint density at radius 1 is 1.21 bits per heavy atom. The van der Waals surface area contributed by atoms with E-state index >= 15 is 0 Å². The molecule has 0 atom stereocenters. The zero-order valence-corrected chi connectivity index (χ0v) is 20.4. The lowest BCUT2D eigenvalue weighted by molar-refractivity contribution is -0.122. The van der Waals surface area contributed by atoms with Gasteiger partial charge in [0, 0.05) is 19.3 Å². The number of ether oxygens (including phenoxy) is 1. The van der Waals surface area contributed by atoms with E-state index in [4.69, 9.17) is 22.1 Å². The molecule has 34 heavy (non-hydrogen) atoms. The first-order chi connectivity index (χ1) is 16.4. The summed E-state index contributed by atoms with van der Waals surface area (Å²) < 4.78 is 7.07. The maximum absolute atomic E-state index is 13.4. The summed E-state index contributed by atoms with van der Waals surface area (Å²) in [7, 11) is 1.60. The lowest BCUT2D eigenvalue weighted by Crippen LogP contribution is -2.27. The lowest BCUT2D eigenvalue weighted by Gasteiger charge is -2.14. The molecule has 2 aromatic heterocycles. The number of anilines is 1. The van der Waals surface area contributed by atoms with Crippen LogP contribution in [0.2, 0.25) is 0 Å². The molecule has 8 nitrogen and oxygen atoms in total. The number of carbonyl (C=O) groups is 1. The number of aromatic nitrogens is 2. The van der Waals surface area contributed by atoms with Crippen LogP contribution in [0.4, 0.5) is 5.82 Å². The standard InChI is InChI=1S/C24H24N4O4S2/c1-15-4-9-20-26-21(25-10-3-11-29)18(22(30)27(20)13-15)12-19-23(31)28(24(33)34-19)14-16-5-7-17(32-2)8-6-16/h4-9,12-13,25,29H,3,10-11,14H2,1-2H3. The summed E-state index contributed by atoms with van der Waals surface area (Å²) in [5, 5.41) is 12.2. The number of thioether (sulfide) groups is 1. The van der Waals surface area contributed by atoms with Crippen LogP contribution in [0.5, 0.6) is 5.75 Å². The van der Waals surface area contributed by atoms with Crippen molar-refractivity contribution in [3.8, 4) is 5.75 Å². The number of fused-ring (bicyclic) bond motifs is 1. The van der Waals surface area contributed by atoms with Crippen LogP contribution in [0.1, 0.15) is 23.1 Å². The largest absolute Gasteiger partial charge is 0.497 e. The van der Waals surface area contributed by atoms with Crippen molar-refractivity contribution in [1.29, 1.82) is 0 Å². The molecule has 1 saturated heterocycles. The van der Waals surface area contributed by atoms with E-state index in [1.807, 2.05) is 37.3 Å². The van der Waals surface area contributed by atoms with Crippen LogP contribution in [-0.4, -0.2) is 49.9 Å². The Balaban J connectivity index is 1.69. The highest BCUT2D eigenvalue weighted by Crippen LogP contribution is 2.34. The first-order valence-electron chi connectivity index (χ1n) is 10.7. The molecule has 1 fully saturated rings. The third kappa shape index (κ3) is 4.98. The quantitative estimate of drug-likeness (QED) is 0.279. The van der Waals surface area contributed by atoms with Crippen LogP contribution in [0.25, 0.3) is 11.7 Å². The molecule has 176 valence electrons. The fourth-order valence-corrected chi connectivity index (χ4v) is 4.73. The number of amides is 1. The van der Waals surface area contributed by atoms with Crippen molar-refractivity contribution in [2.75, 3.05) is 25.6 Å². The molecule has 0 spiro atoms. The zero-order valence-electron chi connectivity index (χ0n) is 18.8. The molecule has 0 bridgehead atoms. The Labute approximate surface area is 206 Å². The Morgan fingerprint density at radius 3 is 2.68 bits per heavy atom. The number of nitrogens with zero attached hydrogens (tertiary/aromatic N) is 3. The molecule has 3 aromatic rings. The summed E-state index contributed by atoms with van der Waals surface area (Å²) >= 11 is 6.62. The van der Waals surface area contributed by atoms with Gasteiger partial charge in [0.05, 0.1) is 24.1 Å². The molecule has 0 aliphatic carbocycles. The maximum Gasteiger partial charge on any atom is 0.267 e. The van der Waals surface area contributed by atoms with Crippen molar-refractivity contribution < 1.29 is 14.6 Å². The summed E-state index contributed by atoms with van der Waals surface area (Å²) in [6.07, 6.45) is 3.77. The van der Waals surface area contributed by atoms with Gasteiger partial charge in [-0.3, -0.25) is 18.9 Å². The minimum Gasteiger partial charge on any atom is -0.497 e. The molecular formula is C24H24N4O4S2. The molecule has 0 unspecified atom stereocenters. The minimum atomic E-state index is -0.291. The SMILES string of the molecule is COc1ccc(CN2C(=O)C(=Cc3c(NCCCO)nc4ccc(C)cn4c3=O)SC2=S)cc1. The van der Waals surface area contributed by atoms with Gasteiger partial charge < -0.3 is 15.2 Å². The van der Waals surface area contributed by atoms with Gasteiger partial charge in [0.25, 0.3) is 11.5 Å². The highest BCUT2D eigenvalue weighted by atomic mass is 32.2. The minimum absolute atomic E-state index is 0.0120. The Bertz CT molecular complexity index is 1340. The number of rotatable bonds is 8. The topological polar surface area (TPSA) is 96.2 Å². The fourth-order valence-electron chi connectivity index (χ4n) is 3.49. The number of aliphatic hydroxyl groups is 1. The number of aryl methyl sites for hydroxylation is 1. The third-order valence-electron chi connectivity index (χ3n) is 5.28. The number of nitrogens with one attached hydrogen (secondary N) is 1. The van der Waals surface area contributed by atoms with Gasteiger partial charge >= 0.3 is 0 Å². The predicted octanol–water partition coefficient (Wildman–Crippen LogP) is 3.21. The molecule has 4 rings (SSSR count). The number of hydrogen-bond donors (Lipinski definition) is 2. The first-order valence-corrected chi connectivity index (χ1v) is 11.9. The molecule has 3 heterocycles. The summed E-state index contributed by atoms with van der Waals surface area (Å²) in [6, 6.07) is 11.1. The van der Waals surface area contributed by atoms with Gasteiger partial charge in [-0.05, 0) is 48.7 Å². The number of hydrogen-bond acceptors (Lipinski definition) is 8. The Morgan fingerprint density at radius 2 is 1.97 bits per heavy atom. The molecule has 2 N–H and O–H groups in total. The van der Waals surface area contributed by atoms with Crippen LogP contribution in [0.3, 0.4) is 0 Å². The van der Waals surface area contributed by atoms with Crippen molar-refractivity contribution in [3.05, 3.63) is 74.5 Å². The molecule has 1 aliphatic heterocycles. The number of methoxy groups -OCH3 is 1. The van der Waals surface area contributed by atoms with E-state index in [9.17, 15) is 9.59 Å². The second-order valence-corrected chi connectivity index (χ2v) is 9.41. The zero-order chi connectivity index (χ0) is 24.2. The lowest BCUT2D eigenvalue weighted by atomic mass is 10.2. The van der Waals surface area contributed by atoms with E-state index in [1.165, 1.54) is 9.30 Å². The predicted molar refractivity (Wildman–Crippen MR) is 138 cm³/mol. The fraction of sp³-hybridized carbons (Fsp3) is 0.250. The van der Waals surface area contributed by atoms with E-state index in [0.29, 0.717) is 40.2 Å². The second-order valence-electron chi connectivity index (χ2n) is 7.73. The molecule has 1 aromatic carbocycles. The van der Waals surface area contributed by atoms with Crippen molar-refractivity contribution in [3.63, 3.8) is 0 Å². The van der Waals surface area contributed by atoms with Gasteiger partial charge in [0.15, 0.2) is 0 Å². The molecule has 10 heteroatoms. The molecule has 1 amide bonds. The number of aliphatic hydroxyl groups excluding tert-OH is 1. The summed E-state index contributed by atoms with van der Waals surface area (Å²) in [4.78, 5) is 33.0. The summed E-state index contributed by atoms with van der Waals surface area (Å²) in [5.41, 5.74) is 2.29. The maximum atomic E-state index is 13.4. The second kappa shape index (κ2) is 10.4. The van der Waals surface area contributed by atoms with Gasteiger partial charge in [-0.1, -0.05) is 42.2 Å². The van der Waals surface area contributed by atoms with E-state index in [1.54, 1.807) is 25.4 Å². The van der Waals surface area contributed by atoms with E-state index in [0.717, 1.165) is 28.6 Å². The van der Waals surface area contributed by atoms with Crippen LogP contribution < -0.4 is 15.6 Å². The van der Waals surface area contributed by atoms with Crippen molar-refractivity contribution in [2.45, 2.75) is 19.9 Å². The van der Waals surface area contributed by atoms with Crippen LogP contribution in [-0.2, 0) is 11.3 Å². The number of thiocarbonyl (C=S) groups is 1. The van der Waals surface area contributed by atoms with E-state index in [-0.39, 0.29) is 23.6 Å². The van der Waals surface area contributed by atoms with Gasteiger partial charge in [-0.25, -0.2) is 4.98 Å². The highest BCUT2D eigenvalue weighted by Gasteiger charge is 2.32. The van der Waals surface area contributed by atoms with Crippen molar-refractivity contribution >= 4 is 51.7 Å². The van der Waals surface area contributed by atoms with Crippen LogP contribution in [0.15, 0.2) is 52.3 Å². The van der Waals surface area contributed by atoms with Crippen LogP contribution in [0, 0.1) is 6.92 Å². The molecule has 0 radical (unpaired) electrons. The molecule has 1 aliphatic rings. The van der Waals surface area contributed by atoms with Crippen molar-refractivity contribution in [2.24, 2.45) is 0 Å². The van der Waals surface area contributed by atoms with Gasteiger partial charge in [-0.2, -0.15) is 0 Å². The number of carbonyl (C=O) groups excluding carboxylic acids is 1. The summed E-state index contributed by atoms with van der Waals surface area (Å²) in [6.45, 7) is 2.66. The number of pyridine rings is 1. The van der Waals surface area contributed by atoms with Crippen molar-refractivity contribution in [1.82, 2.24) is 14.3 Å². The number of benzene rings is 1. The Hall–Kier alpha value is -3.21. The van der Waals surface area contributed by atoms with E-state index < -0.39 is 0 Å². The van der Waals surface area contributed by atoms with E-state index in [2.05, 4.69) is 10.3 Å². The molecular weight excluding hydrogens is 472 g/mol. The Kier molecular flexibility index (Phi) is 7.30. The van der Waals surface area contributed by atoms with Gasteiger partial charge in [0.1, 0.15) is 21.5 Å². The van der Waals surface area contributed by atoms with Gasteiger partial charge in [-0.15, -0.1) is 0 Å². The normalized spacial score (nSPS) is 14.9. The average Bonchev–Trinajstić information content (AvgIpc) is 3.10. The first kappa shape index (κ1) is 23.9.